The molecule has 0 rings (SSSR count). The fraction of sp³-hybridized carbons (Fsp3) is 0.818. The molecule has 0 saturated heterocycles. The molecular formula is C11H22N2O3. The van der Waals surface area contributed by atoms with Crippen LogP contribution in [-0.4, -0.2) is 40.5 Å². The molecule has 0 aliphatic rings. The highest BCUT2D eigenvalue weighted by molar-refractivity contribution is 5.86. The Bertz CT molecular complexity index is 252. The van der Waals surface area contributed by atoms with Gasteiger partial charge in [0.2, 0.25) is 5.91 Å². The summed E-state index contributed by atoms with van der Waals surface area (Å²) in [6.07, 6.45) is -0.319. The van der Waals surface area contributed by atoms with E-state index >= 15 is 0 Å². The molecule has 0 fully saturated rings. The monoisotopic (exact) mass is 230 g/mol. The number of hydrogen-bond donors (Lipinski definition) is 2. The topological polar surface area (TPSA) is 83.6 Å². The van der Waals surface area contributed by atoms with Gasteiger partial charge in [-0.2, -0.15) is 0 Å². The van der Waals surface area contributed by atoms with Crippen molar-refractivity contribution in [1.29, 1.82) is 0 Å². The smallest absolute Gasteiger partial charge is 0.305 e. The number of rotatable bonds is 6. The average Bonchev–Trinajstić information content (AvgIpc) is 2.11. The third-order valence-electron chi connectivity index (χ3n) is 2.18. The highest BCUT2D eigenvalue weighted by atomic mass is 16.4. The zero-order chi connectivity index (χ0) is 12.9. The molecule has 16 heavy (non-hydrogen) atoms. The number of carbonyl (C=O) groups excluding carboxylic acids is 1. The Morgan fingerprint density at radius 3 is 2.06 bits per heavy atom. The maximum Gasteiger partial charge on any atom is 0.305 e. The van der Waals surface area contributed by atoms with Crippen LogP contribution in [0.15, 0.2) is 0 Å². The third-order valence-corrected chi connectivity index (χ3v) is 2.18. The van der Waals surface area contributed by atoms with E-state index in [0.717, 1.165) is 0 Å². The molecule has 94 valence electrons. The van der Waals surface area contributed by atoms with Gasteiger partial charge in [0.25, 0.3) is 0 Å². The first-order valence-corrected chi connectivity index (χ1v) is 5.53. The second kappa shape index (κ2) is 6.48. The number of hydrogen-bond acceptors (Lipinski definition) is 3. The highest BCUT2D eigenvalue weighted by Gasteiger charge is 2.25. The Kier molecular flexibility index (Phi) is 6.03. The van der Waals surface area contributed by atoms with Crippen molar-refractivity contribution >= 4 is 11.9 Å². The Morgan fingerprint density at radius 1 is 1.25 bits per heavy atom. The quantitative estimate of drug-likeness (QED) is 0.703. The van der Waals surface area contributed by atoms with Gasteiger partial charge in [0.15, 0.2) is 0 Å². The van der Waals surface area contributed by atoms with Gasteiger partial charge in [-0.1, -0.05) is 13.8 Å². The molecular weight excluding hydrogens is 208 g/mol. The molecule has 0 radical (unpaired) electrons. The van der Waals surface area contributed by atoms with Crippen LogP contribution in [0.5, 0.6) is 0 Å². The van der Waals surface area contributed by atoms with E-state index in [4.69, 9.17) is 10.8 Å². The standard InChI is InChI=1S/C11H22N2O3/c1-7(2)6-13(8(3)4)11(16)9(12)5-10(14)15/h7-9H,5-6,12H2,1-4H3,(H,14,15). The van der Waals surface area contributed by atoms with Gasteiger partial charge < -0.3 is 15.7 Å². The molecule has 1 atom stereocenters. The van der Waals surface area contributed by atoms with E-state index in [2.05, 4.69) is 0 Å². The number of carboxylic acid groups (broad SMARTS) is 1. The minimum atomic E-state index is -1.05. The minimum absolute atomic E-state index is 0.0368. The van der Waals surface area contributed by atoms with Crippen molar-refractivity contribution in [2.45, 2.75) is 46.2 Å². The fourth-order valence-corrected chi connectivity index (χ4v) is 1.44. The molecule has 0 aromatic carbocycles. The zero-order valence-corrected chi connectivity index (χ0v) is 10.4. The van der Waals surface area contributed by atoms with Gasteiger partial charge in [-0.15, -0.1) is 0 Å². The average molecular weight is 230 g/mol. The second-order valence-corrected chi connectivity index (χ2v) is 4.68. The molecule has 3 N–H and O–H groups in total. The summed E-state index contributed by atoms with van der Waals surface area (Å²) in [5, 5.41) is 8.58. The first-order valence-electron chi connectivity index (χ1n) is 5.53. The maximum atomic E-state index is 11.9. The number of amides is 1. The molecule has 0 aromatic rings. The summed E-state index contributed by atoms with van der Waals surface area (Å²) < 4.78 is 0. The Balaban J connectivity index is 4.54. The minimum Gasteiger partial charge on any atom is -0.481 e. The molecule has 0 bridgehead atoms. The van der Waals surface area contributed by atoms with Crippen molar-refractivity contribution in [3.63, 3.8) is 0 Å². The molecule has 1 unspecified atom stereocenters. The number of carbonyl (C=O) groups is 2. The molecule has 0 aliphatic heterocycles. The third kappa shape index (κ3) is 5.11. The summed E-state index contributed by atoms with van der Waals surface area (Å²) in [6.45, 7) is 8.40. The van der Waals surface area contributed by atoms with Crippen molar-refractivity contribution in [2.75, 3.05) is 6.54 Å². The van der Waals surface area contributed by atoms with E-state index < -0.39 is 12.0 Å². The molecule has 0 saturated carbocycles. The van der Waals surface area contributed by atoms with Crippen LogP contribution in [0.2, 0.25) is 0 Å². The lowest BCUT2D eigenvalue weighted by molar-refractivity contribution is -0.142. The first-order chi connectivity index (χ1) is 7.25. The Labute approximate surface area is 96.6 Å². The predicted octanol–water partition coefficient (Wildman–Crippen LogP) is 0.681. The van der Waals surface area contributed by atoms with Crippen LogP contribution in [0.25, 0.3) is 0 Å². The zero-order valence-electron chi connectivity index (χ0n) is 10.4. The van der Waals surface area contributed by atoms with E-state index in [-0.39, 0.29) is 18.4 Å². The van der Waals surface area contributed by atoms with E-state index in [1.165, 1.54) is 0 Å². The highest BCUT2D eigenvalue weighted by Crippen LogP contribution is 2.07. The summed E-state index contributed by atoms with van der Waals surface area (Å²) in [6, 6.07) is -0.909. The summed E-state index contributed by atoms with van der Waals surface area (Å²) >= 11 is 0. The molecule has 1 amide bonds. The van der Waals surface area contributed by atoms with Gasteiger partial charge in [0, 0.05) is 12.6 Å². The van der Waals surface area contributed by atoms with Crippen LogP contribution in [0.3, 0.4) is 0 Å². The number of nitrogens with two attached hydrogens (primary N) is 1. The largest absolute Gasteiger partial charge is 0.481 e. The molecule has 0 spiro atoms. The van der Waals surface area contributed by atoms with E-state index in [1.807, 2.05) is 27.7 Å². The van der Waals surface area contributed by atoms with Crippen LogP contribution in [-0.2, 0) is 9.59 Å². The Hall–Kier alpha value is -1.10. The summed E-state index contributed by atoms with van der Waals surface area (Å²) in [5.74, 6) is -0.997. The predicted molar refractivity (Wildman–Crippen MR) is 61.9 cm³/mol. The summed E-state index contributed by atoms with van der Waals surface area (Å²) in [5.41, 5.74) is 5.56. The van der Waals surface area contributed by atoms with Gasteiger partial charge in [-0.3, -0.25) is 9.59 Å². The SMILES string of the molecule is CC(C)CN(C(=O)C(N)CC(=O)O)C(C)C. The first kappa shape index (κ1) is 14.9. The van der Waals surface area contributed by atoms with Gasteiger partial charge >= 0.3 is 5.97 Å². The van der Waals surface area contributed by atoms with Crippen molar-refractivity contribution in [3.8, 4) is 0 Å². The molecule has 0 heterocycles. The van der Waals surface area contributed by atoms with Crippen molar-refractivity contribution in [3.05, 3.63) is 0 Å². The van der Waals surface area contributed by atoms with Gasteiger partial charge in [-0.05, 0) is 19.8 Å². The van der Waals surface area contributed by atoms with Crippen LogP contribution in [0.1, 0.15) is 34.1 Å². The number of aliphatic carboxylic acids is 1. The van der Waals surface area contributed by atoms with E-state index in [1.54, 1.807) is 4.90 Å². The number of carboxylic acids is 1. The van der Waals surface area contributed by atoms with Crippen LogP contribution in [0.4, 0.5) is 0 Å². The van der Waals surface area contributed by atoms with Crippen LogP contribution >= 0.6 is 0 Å². The van der Waals surface area contributed by atoms with Crippen LogP contribution < -0.4 is 5.73 Å². The lowest BCUT2D eigenvalue weighted by atomic mass is 10.1. The molecule has 0 aliphatic carbocycles. The molecule has 0 aromatic heterocycles. The van der Waals surface area contributed by atoms with E-state index in [0.29, 0.717) is 12.5 Å². The van der Waals surface area contributed by atoms with Crippen molar-refractivity contribution < 1.29 is 14.7 Å². The molecule has 5 nitrogen and oxygen atoms in total. The summed E-state index contributed by atoms with van der Waals surface area (Å²) in [7, 11) is 0. The van der Waals surface area contributed by atoms with Gasteiger partial charge in [0.1, 0.15) is 0 Å². The fourth-order valence-electron chi connectivity index (χ4n) is 1.44. The summed E-state index contributed by atoms with van der Waals surface area (Å²) in [4.78, 5) is 24.0. The lowest BCUT2D eigenvalue weighted by Gasteiger charge is -2.30. The van der Waals surface area contributed by atoms with Crippen molar-refractivity contribution in [2.24, 2.45) is 11.7 Å². The Morgan fingerprint density at radius 2 is 1.75 bits per heavy atom. The number of nitrogens with zero attached hydrogens (tertiary/aromatic N) is 1. The second-order valence-electron chi connectivity index (χ2n) is 4.68. The van der Waals surface area contributed by atoms with Gasteiger partial charge in [-0.25, -0.2) is 0 Å². The normalized spacial score (nSPS) is 12.9. The van der Waals surface area contributed by atoms with Gasteiger partial charge in [0.05, 0.1) is 12.5 Å². The molecule has 5 heteroatoms. The lowest BCUT2D eigenvalue weighted by Crippen LogP contribution is -2.49. The van der Waals surface area contributed by atoms with E-state index in [9.17, 15) is 9.59 Å². The van der Waals surface area contributed by atoms with Crippen molar-refractivity contribution in [1.82, 2.24) is 4.90 Å². The van der Waals surface area contributed by atoms with Crippen LogP contribution in [0, 0.1) is 5.92 Å². The maximum absolute atomic E-state index is 11.9.